The van der Waals surface area contributed by atoms with E-state index in [0.717, 1.165) is 10.1 Å². The van der Waals surface area contributed by atoms with Gasteiger partial charge in [-0.05, 0) is 57.1 Å². The molecule has 0 aromatic carbocycles. The van der Waals surface area contributed by atoms with Crippen LogP contribution in [0.15, 0.2) is 56.5 Å². The number of pyridine rings is 1. The van der Waals surface area contributed by atoms with Crippen LogP contribution in [0.3, 0.4) is 0 Å². The zero-order valence-corrected chi connectivity index (χ0v) is 13.2. The SMILES string of the molecule is O=Nc1cn2nc(Sc3nnc4ccc(Br)cn34)ccc2n1. The van der Waals surface area contributed by atoms with Crippen molar-refractivity contribution in [3.05, 3.63) is 46.0 Å². The van der Waals surface area contributed by atoms with E-state index in [9.17, 15) is 4.91 Å². The first-order valence-corrected chi connectivity index (χ1v) is 7.72. The summed E-state index contributed by atoms with van der Waals surface area (Å²) in [7, 11) is 0. The third kappa shape index (κ3) is 2.25. The van der Waals surface area contributed by atoms with Crippen LogP contribution in [0.4, 0.5) is 5.82 Å². The van der Waals surface area contributed by atoms with Gasteiger partial charge in [0.15, 0.2) is 11.3 Å². The summed E-state index contributed by atoms with van der Waals surface area (Å²) in [5, 5.41) is 16.8. The van der Waals surface area contributed by atoms with Gasteiger partial charge in [0.25, 0.3) is 0 Å². The van der Waals surface area contributed by atoms with Crippen LogP contribution in [-0.4, -0.2) is 29.2 Å². The summed E-state index contributed by atoms with van der Waals surface area (Å²) >= 11 is 4.79. The highest BCUT2D eigenvalue weighted by molar-refractivity contribution is 9.10. The fourth-order valence-electron chi connectivity index (χ4n) is 1.96. The summed E-state index contributed by atoms with van der Waals surface area (Å²) in [6, 6.07) is 7.35. The molecule has 0 bridgehead atoms. The number of halogens is 1. The van der Waals surface area contributed by atoms with E-state index in [0.29, 0.717) is 15.8 Å². The molecule has 0 saturated heterocycles. The normalized spacial score (nSPS) is 11.3. The molecule has 0 aliphatic carbocycles. The molecule has 0 fully saturated rings. The highest BCUT2D eigenvalue weighted by atomic mass is 79.9. The van der Waals surface area contributed by atoms with Crippen LogP contribution in [0.25, 0.3) is 11.3 Å². The maximum absolute atomic E-state index is 10.5. The molecule has 108 valence electrons. The number of aromatic nitrogens is 6. The van der Waals surface area contributed by atoms with Crippen LogP contribution in [0.5, 0.6) is 0 Å². The van der Waals surface area contributed by atoms with Gasteiger partial charge in [-0.1, -0.05) is 0 Å². The van der Waals surface area contributed by atoms with Crippen LogP contribution in [0.1, 0.15) is 0 Å². The molecule has 8 nitrogen and oxygen atoms in total. The van der Waals surface area contributed by atoms with Crippen LogP contribution >= 0.6 is 27.7 Å². The molecule has 4 rings (SSSR count). The highest BCUT2D eigenvalue weighted by Gasteiger charge is 2.10. The number of nitroso groups, excluding NO2 is 1. The minimum Gasteiger partial charge on any atom is -0.276 e. The molecule has 0 aliphatic heterocycles. The zero-order valence-electron chi connectivity index (χ0n) is 10.8. The minimum absolute atomic E-state index is 0.103. The van der Waals surface area contributed by atoms with Gasteiger partial charge in [-0.15, -0.1) is 15.1 Å². The lowest BCUT2D eigenvalue weighted by Crippen LogP contribution is -1.93. The van der Waals surface area contributed by atoms with E-state index in [1.54, 1.807) is 12.1 Å². The first kappa shape index (κ1) is 13.3. The Morgan fingerprint density at radius 2 is 1.95 bits per heavy atom. The summed E-state index contributed by atoms with van der Waals surface area (Å²) in [6.07, 6.45) is 3.37. The third-order valence-corrected chi connectivity index (χ3v) is 4.26. The molecule has 0 unspecified atom stereocenters. The predicted molar refractivity (Wildman–Crippen MR) is 83.3 cm³/mol. The summed E-state index contributed by atoms with van der Waals surface area (Å²) in [5.41, 5.74) is 1.31. The Morgan fingerprint density at radius 3 is 2.82 bits per heavy atom. The third-order valence-electron chi connectivity index (χ3n) is 2.91. The molecular weight excluding hydrogens is 370 g/mol. The lowest BCUT2D eigenvalue weighted by molar-refractivity contribution is 0.849. The van der Waals surface area contributed by atoms with Gasteiger partial charge in [-0.25, -0.2) is 9.50 Å². The fourth-order valence-corrected chi connectivity index (χ4v) is 3.07. The molecular formula is C12H6BrN7OS. The smallest absolute Gasteiger partial charge is 0.217 e. The Bertz CT molecular complexity index is 1010. The number of nitrogens with zero attached hydrogens (tertiary/aromatic N) is 7. The second-order valence-corrected chi connectivity index (χ2v) is 6.23. The first-order chi connectivity index (χ1) is 10.7. The average molecular weight is 376 g/mol. The Kier molecular flexibility index (Phi) is 3.12. The maximum atomic E-state index is 10.5. The van der Waals surface area contributed by atoms with E-state index in [2.05, 4.69) is 41.4 Å². The van der Waals surface area contributed by atoms with Crippen molar-refractivity contribution >= 4 is 44.8 Å². The van der Waals surface area contributed by atoms with Crippen molar-refractivity contribution in [2.24, 2.45) is 5.18 Å². The molecule has 0 aliphatic rings. The quantitative estimate of drug-likeness (QED) is 0.511. The second-order valence-electron chi connectivity index (χ2n) is 4.32. The van der Waals surface area contributed by atoms with E-state index < -0.39 is 0 Å². The van der Waals surface area contributed by atoms with Gasteiger partial charge in [0.2, 0.25) is 11.0 Å². The number of hydrogen-bond acceptors (Lipinski definition) is 7. The van der Waals surface area contributed by atoms with Crippen molar-refractivity contribution in [3.63, 3.8) is 0 Å². The largest absolute Gasteiger partial charge is 0.276 e. The summed E-state index contributed by atoms with van der Waals surface area (Å²) in [5.74, 6) is 0.103. The molecule has 22 heavy (non-hydrogen) atoms. The number of hydrogen-bond donors (Lipinski definition) is 0. The molecule has 0 amide bonds. The summed E-state index contributed by atoms with van der Waals surface area (Å²) in [6.45, 7) is 0. The molecule has 0 atom stereocenters. The lowest BCUT2D eigenvalue weighted by atomic mass is 10.5. The summed E-state index contributed by atoms with van der Waals surface area (Å²) in [4.78, 5) is 14.5. The molecule has 0 spiro atoms. The van der Waals surface area contributed by atoms with Crippen molar-refractivity contribution < 1.29 is 0 Å². The van der Waals surface area contributed by atoms with Crippen LogP contribution in [0.2, 0.25) is 0 Å². The van der Waals surface area contributed by atoms with Crippen LogP contribution < -0.4 is 0 Å². The van der Waals surface area contributed by atoms with Gasteiger partial charge in [0.1, 0.15) is 5.03 Å². The molecule has 4 heterocycles. The van der Waals surface area contributed by atoms with Gasteiger partial charge >= 0.3 is 0 Å². The first-order valence-electron chi connectivity index (χ1n) is 6.11. The maximum Gasteiger partial charge on any atom is 0.217 e. The average Bonchev–Trinajstić information content (AvgIpc) is 3.11. The Hall–Kier alpha value is -2.33. The van der Waals surface area contributed by atoms with Gasteiger partial charge in [0.05, 0.1) is 6.20 Å². The van der Waals surface area contributed by atoms with Crippen LogP contribution in [0, 0.1) is 4.91 Å². The minimum atomic E-state index is 0.103. The molecule has 0 radical (unpaired) electrons. The molecule has 4 aromatic rings. The van der Waals surface area contributed by atoms with Crippen LogP contribution in [-0.2, 0) is 0 Å². The van der Waals surface area contributed by atoms with Crippen molar-refractivity contribution in [3.8, 4) is 0 Å². The second kappa shape index (κ2) is 5.14. The predicted octanol–water partition coefficient (Wildman–Crippen LogP) is 3.08. The summed E-state index contributed by atoms with van der Waals surface area (Å²) < 4.78 is 4.31. The number of imidazole rings is 1. The van der Waals surface area contributed by atoms with E-state index in [4.69, 9.17) is 0 Å². The Balaban J connectivity index is 1.75. The molecule has 4 aromatic heterocycles. The van der Waals surface area contributed by atoms with Gasteiger partial charge in [0, 0.05) is 10.7 Å². The standard InChI is InChI=1S/C12H6BrN7OS/c13-7-1-2-10-15-16-12(19(10)5-7)22-11-4-3-9-14-8(18-21)6-20(9)17-11/h1-6H. The molecule has 0 N–H and O–H groups in total. The van der Waals surface area contributed by atoms with Crippen molar-refractivity contribution in [2.75, 3.05) is 0 Å². The molecule has 10 heteroatoms. The zero-order chi connectivity index (χ0) is 15.1. The van der Waals surface area contributed by atoms with Crippen molar-refractivity contribution in [1.29, 1.82) is 0 Å². The Labute approximate surface area is 135 Å². The van der Waals surface area contributed by atoms with Crippen molar-refractivity contribution in [1.82, 2.24) is 29.2 Å². The van der Waals surface area contributed by atoms with Gasteiger partial charge < -0.3 is 0 Å². The monoisotopic (exact) mass is 375 g/mol. The van der Waals surface area contributed by atoms with E-state index in [-0.39, 0.29) is 5.82 Å². The molecule has 0 saturated carbocycles. The van der Waals surface area contributed by atoms with Gasteiger partial charge in [-0.2, -0.15) is 5.10 Å². The highest BCUT2D eigenvalue weighted by Crippen LogP contribution is 2.26. The van der Waals surface area contributed by atoms with E-state index >= 15 is 0 Å². The lowest BCUT2D eigenvalue weighted by Gasteiger charge is -2.00. The van der Waals surface area contributed by atoms with E-state index in [1.165, 1.54) is 22.5 Å². The number of fused-ring (bicyclic) bond motifs is 2. The fraction of sp³-hybridized carbons (Fsp3) is 0. The van der Waals surface area contributed by atoms with E-state index in [1.807, 2.05) is 22.7 Å². The Morgan fingerprint density at radius 1 is 1.09 bits per heavy atom. The number of rotatable bonds is 3. The van der Waals surface area contributed by atoms with Crippen molar-refractivity contribution in [2.45, 2.75) is 10.2 Å². The van der Waals surface area contributed by atoms with Gasteiger partial charge in [-0.3, -0.25) is 4.40 Å². The topological polar surface area (TPSA) is 89.8 Å².